The number of guanidine groups is 1. The number of hydrogen-bond donors (Lipinski definition) is 2. The first-order chi connectivity index (χ1) is 11.7. The Morgan fingerprint density at radius 1 is 1.32 bits per heavy atom. The standard InChI is InChI=1S/C17H34N6OS/c1-16(2,14(18)24)23-9-7-22(8-10-23)15(19-3)20-12-17(21(4)5)6-11-25-13-17/h6-13H2,1-5H3,(H2,18,24)(H,19,20). The third kappa shape index (κ3) is 4.41. The maximum absolute atomic E-state index is 11.7. The lowest BCUT2D eigenvalue weighted by atomic mass is 9.97. The number of nitrogens with two attached hydrogens (primary N) is 1. The number of thioether (sulfide) groups is 1. The van der Waals surface area contributed by atoms with Gasteiger partial charge in [0.05, 0.1) is 5.54 Å². The molecule has 144 valence electrons. The first kappa shape index (κ1) is 20.3. The van der Waals surface area contributed by atoms with Gasteiger partial charge in [-0.25, -0.2) is 0 Å². The number of piperazine rings is 1. The minimum Gasteiger partial charge on any atom is -0.368 e. The Morgan fingerprint density at radius 2 is 1.96 bits per heavy atom. The van der Waals surface area contributed by atoms with Crippen LogP contribution < -0.4 is 11.1 Å². The highest BCUT2D eigenvalue weighted by Crippen LogP contribution is 2.31. The average Bonchev–Trinajstić information content (AvgIpc) is 3.06. The van der Waals surface area contributed by atoms with Gasteiger partial charge in [0, 0.05) is 51.1 Å². The van der Waals surface area contributed by atoms with Gasteiger partial charge in [0.25, 0.3) is 0 Å². The Labute approximate surface area is 156 Å². The monoisotopic (exact) mass is 370 g/mol. The molecule has 0 aromatic heterocycles. The van der Waals surface area contributed by atoms with Crippen LogP contribution in [0.3, 0.4) is 0 Å². The van der Waals surface area contributed by atoms with E-state index in [1.807, 2.05) is 32.7 Å². The highest BCUT2D eigenvalue weighted by atomic mass is 32.2. The molecule has 1 amide bonds. The van der Waals surface area contributed by atoms with Gasteiger partial charge in [0.15, 0.2) is 5.96 Å². The molecule has 0 spiro atoms. The van der Waals surface area contributed by atoms with E-state index < -0.39 is 5.54 Å². The molecular formula is C17H34N6OS. The molecule has 2 heterocycles. The predicted molar refractivity (Wildman–Crippen MR) is 106 cm³/mol. The van der Waals surface area contributed by atoms with Crippen molar-refractivity contribution in [3.05, 3.63) is 0 Å². The Morgan fingerprint density at radius 3 is 2.40 bits per heavy atom. The summed E-state index contributed by atoms with van der Waals surface area (Å²) in [5, 5.41) is 3.59. The SMILES string of the molecule is CN=C(NCC1(N(C)C)CCSC1)N1CCN(C(C)(C)C(N)=O)CC1. The van der Waals surface area contributed by atoms with E-state index in [0.29, 0.717) is 0 Å². The summed E-state index contributed by atoms with van der Waals surface area (Å²) >= 11 is 2.02. The van der Waals surface area contributed by atoms with Gasteiger partial charge in [-0.3, -0.25) is 14.7 Å². The van der Waals surface area contributed by atoms with Crippen molar-refractivity contribution in [1.29, 1.82) is 0 Å². The summed E-state index contributed by atoms with van der Waals surface area (Å²) in [5.41, 5.74) is 5.15. The molecule has 0 aromatic rings. The molecule has 25 heavy (non-hydrogen) atoms. The van der Waals surface area contributed by atoms with Crippen LogP contribution in [-0.4, -0.2) is 103 Å². The van der Waals surface area contributed by atoms with Crippen molar-refractivity contribution in [1.82, 2.24) is 20.0 Å². The number of nitrogens with zero attached hydrogens (tertiary/aromatic N) is 4. The van der Waals surface area contributed by atoms with Crippen molar-refractivity contribution in [2.24, 2.45) is 10.7 Å². The zero-order chi connectivity index (χ0) is 18.7. The molecule has 2 fully saturated rings. The number of primary amides is 1. The first-order valence-electron chi connectivity index (χ1n) is 8.99. The van der Waals surface area contributed by atoms with Gasteiger partial charge in [-0.1, -0.05) is 0 Å². The quantitative estimate of drug-likeness (QED) is 0.519. The van der Waals surface area contributed by atoms with Crippen molar-refractivity contribution in [3.63, 3.8) is 0 Å². The summed E-state index contributed by atoms with van der Waals surface area (Å²) in [7, 11) is 6.18. The second kappa shape index (κ2) is 8.14. The highest BCUT2D eigenvalue weighted by Gasteiger charge is 2.38. The van der Waals surface area contributed by atoms with Gasteiger partial charge in [0.2, 0.25) is 5.91 Å². The average molecular weight is 371 g/mol. The molecule has 3 N–H and O–H groups in total. The van der Waals surface area contributed by atoms with Gasteiger partial charge >= 0.3 is 0 Å². The van der Waals surface area contributed by atoms with E-state index in [4.69, 9.17) is 5.73 Å². The van der Waals surface area contributed by atoms with E-state index in [0.717, 1.165) is 44.4 Å². The fourth-order valence-electron chi connectivity index (χ4n) is 3.46. The topological polar surface area (TPSA) is 77.2 Å². The lowest BCUT2D eigenvalue weighted by molar-refractivity contribution is -0.129. The van der Waals surface area contributed by atoms with Crippen LogP contribution in [0.15, 0.2) is 4.99 Å². The van der Waals surface area contributed by atoms with Crippen LogP contribution in [0.5, 0.6) is 0 Å². The normalized spacial score (nSPS) is 26.3. The molecule has 0 saturated carbocycles. The van der Waals surface area contributed by atoms with Crippen LogP contribution in [0.25, 0.3) is 0 Å². The Hall–Kier alpha value is -0.990. The molecular weight excluding hydrogens is 336 g/mol. The number of aliphatic imine (C=N–C) groups is 1. The molecule has 0 aromatic carbocycles. The van der Waals surface area contributed by atoms with Crippen LogP contribution in [-0.2, 0) is 4.79 Å². The molecule has 7 nitrogen and oxygen atoms in total. The van der Waals surface area contributed by atoms with Crippen molar-refractivity contribution < 1.29 is 4.79 Å². The maximum atomic E-state index is 11.7. The number of amides is 1. The molecule has 1 atom stereocenters. The Bertz CT molecular complexity index is 493. The van der Waals surface area contributed by atoms with Crippen molar-refractivity contribution in [2.45, 2.75) is 31.3 Å². The number of carbonyl (C=O) groups is 1. The largest absolute Gasteiger partial charge is 0.368 e. The molecule has 2 aliphatic rings. The summed E-state index contributed by atoms with van der Waals surface area (Å²) in [6, 6.07) is 0. The van der Waals surface area contributed by atoms with Gasteiger partial charge in [-0.2, -0.15) is 11.8 Å². The van der Waals surface area contributed by atoms with E-state index in [2.05, 4.69) is 39.1 Å². The first-order valence-corrected chi connectivity index (χ1v) is 10.1. The molecule has 0 bridgehead atoms. The number of carbonyl (C=O) groups excluding carboxylic acids is 1. The van der Waals surface area contributed by atoms with Crippen LogP contribution in [0, 0.1) is 0 Å². The van der Waals surface area contributed by atoms with Crippen molar-refractivity contribution in [3.8, 4) is 0 Å². The fraction of sp³-hybridized carbons (Fsp3) is 0.882. The van der Waals surface area contributed by atoms with E-state index in [9.17, 15) is 4.79 Å². The van der Waals surface area contributed by atoms with E-state index in [1.165, 1.54) is 12.2 Å². The zero-order valence-corrected chi connectivity index (χ0v) is 17.2. The minimum atomic E-state index is -0.598. The van der Waals surface area contributed by atoms with Crippen LogP contribution in [0.4, 0.5) is 0 Å². The van der Waals surface area contributed by atoms with Crippen LogP contribution >= 0.6 is 11.8 Å². The van der Waals surface area contributed by atoms with E-state index in [-0.39, 0.29) is 11.4 Å². The number of hydrogen-bond acceptors (Lipinski definition) is 5. The fourth-order valence-corrected chi connectivity index (χ4v) is 5.01. The Balaban J connectivity index is 1.92. The second-order valence-electron chi connectivity index (χ2n) is 7.72. The van der Waals surface area contributed by atoms with Crippen molar-refractivity contribution in [2.75, 3.05) is 65.4 Å². The predicted octanol–water partition coefficient (Wildman–Crippen LogP) is -0.119. The van der Waals surface area contributed by atoms with Gasteiger partial charge in [-0.15, -0.1) is 0 Å². The molecule has 1 unspecified atom stereocenters. The van der Waals surface area contributed by atoms with E-state index in [1.54, 1.807) is 0 Å². The highest BCUT2D eigenvalue weighted by molar-refractivity contribution is 7.99. The lowest BCUT2D eigenvalue weighted by Gasteiger charge is -2.43. The smallest absolute Gasteiger partial charge is 0.237 e. The molecule has 8 heteroatoms. The van der Waals surface area contributed by atoms with E-state index >= 15 is 0 Å². The summed E-state index contributed by atoms with van der Waals surface area (Å²) in [6.07, 6.45) is 1.20. The number of nitrogens with one attached hydrogen (secondary N) is 1. The third-order valence-corrected chi connectivity index (χ3v) is 7.03. The third-order valence-electron chi connectivity index (χ3n) is 5.79. The molecule has 2 rings (SSSR count). The zero-order valence-electron chi connectivity index (χ0n) is 16.3. The molecule has 0 aliphatic carbocycles. The van der Waals surface area contributed by atoms with Gasteiger partial charge in [-0.05, 0) is 40.1 Å². The van der Waals surface area contributed by atoms with Gasteiger partial charge in [0.1, 0.15) is 0 Å². The van der Waals surface area contributed by atoms with Gasteiger partial charge < -0.3 is 20.9 Å². The molecule has 0 radical (unpaired) electrons. The van der Waals surface area contributed by atoms with Crippen LogP contribution in [0.2, 0.25) is 0 Å². The summed E-state index contributed by atoms with van der Waals surface area (Å²) in [6.45, 7) is 8.02. The second-order valence-corrected chi connectivity index (χ2v) is 8.82. The van der Waals surface area contributed by atoms with Crippen LogP contribution in [0.1, 0.15) is 20.3 Å². The summed E-state index contributed by atoms with van der Waals surface area (Å²) < 4.78 is 0. The number of likely N-dealkylation sites (N-methyl/N-ethyl adjacent to an activating group) is 1. The minimum absolute atomic E-state index is 0.205. The molecule has 2 saturated heterocycles. The maximum Gasteiger partial charge on any atom is 0.237 e. The summed E-state index contributed by atoms with van der Waals surface area (Å²) in [5.74, 6) is 3.06. The number of rotatable bonds is 5. The molecule has 2 aliphatic heterocycles. The summed E-state index contributed by atoms with van der Waals surface area (Å²) in [4.78, 5) is 22.9. The Kier molecular flexibility index (Phi) is 6.62. The van der Waals surface area contributed by atoms with Crippen molar-refractivity contribution >= 4 is 23.6 Å². The lowest BCUT2D eigenvalue weighted by Crippen LogP contribution is -2.62.